The molecular weight excluding hydrogens is 348 g/mol. The molecule has 0 radical (unpaired) electrons. The van der Waals surface area contributed by atoms with Gasteiger partial charge in [0.25, 0.3) is 0 Å². The van der Waals surface area contributed by atoms with Crippen LogP contribution in [-0.4, -0.2) is 0 Å². The van der Waals surface area contributed by atoms with Gasteiger partial charge in [0, 0.05) is 0 Å². The zero-order valence-electron chi connectivity index (χ0n) is 20.8. The monoisotopic (exact) mass is 400 g/mol. The van der Waals surface area contributed by atoms with Crippen LogP contribution in [0.25, 0.3) is 0 Å². The van der Waals surface area contributed by atoms with E-state index >= 15 is 0 Å². The van der Waals surface area contributed by atoms with Gasteiger partial charge in [-0.15, -0.1) is 0 Å². The maximum Gasteiger partial charge on any atom is -0.0264 e. The maximum atomic E-state index is 2.76. The van der Waals surface area contributed by atoms with Crippen molar-refractivity contribution in [1.82, 2.24) is 0 Å². The lowest BCUT2D eigenvalue weighted by molar-refractivity contribution is -0.114. The van der Waals surface area contributed by atoms with Crippen molar-refractivity contribution in [3.05, 3.63) is 0 Å². The first-order valence-electron chi connectivity index (χ1n) is 13.8. The predicted molar refractivity (Wildman–Crippen MR) is 127 cm³/mol. The van der Waals surface area contributed by atoms with Crippen molar-refractivity contribution in [2.75, 3.05) is 0 Å². The van der Waals surface area contributed by atoms with E-state index < -0.39 is 0 Å². The molecule has 0 heteroatoms. The molecule has 0 N–H and O–H groups in total. The third-order valence-electron chi connectivity index (χ3n) is 11.8. The predicted octanol–water partition coefficient (Wildman–Crippen LogP) is 9.13. The Bertz CT molecular complexity index is 548. The van der Waals surface area contributed by atoms with Crippen LogP contribution in [-0.2, 0) is 0 Å². The van der Waals surface area contributed by atoms with E-state index in [1.807, 2.05) is 0 Å². The number of hydrogen-bond acceptors (Lipinski definition) is 0. The largest absolute Gasteiger partial charge is 0.0651 e. The molecule has 4 fully saturated rings. The van der Waals surface area contributed by atoms with Crippen LogP contribution in [0.5, 0.6) is 0 Å². The van der Waals surface area contributed by atoms with Gasteiger partial charge >= 0.3 is 0 Å². The lowest BCUT2D eigenvalue weighted by Crippen LogP contribution is -2.53. The van der Waals surface area contributed by atoms with E-state index in [1.54, 1.807) is 51.4 Å². The van der Waals surface area contributed by atoms with Crippen molar-refractivity contribution in [3.8, 4) is 0 Å². The van der Waals surface area contributed by atoms with E-state index in [-0.39, 0.29) is 0 Å². The molecule has 0 saturated heterocycles. The molecule has 0 bridgehead atoms. The molecule has 0 aromatic heterocycles. The fraction of sp³-hybridized carbons (Fsp3) is 1.00. The molecule has 1 unspecified atom stereocenters. The first-order valence-corrected chi connectivity index (χ1v) is 13.8. The van der Waals surface area contributed by atoms with E-state index in [0.29, 0.717) is 10.8 Å². The van der Waals surface area contributed by atoms with Crippen molar-refractivity contribution < 1.29 is 0 Å². The highest BCUT2D eigenvalue weighted by atomic mass is 14.6. The Hall–Kier alpha value is 0. The van der Waals surface area contributed by atoms with Crippen LogP contribution in [0.2, 0.25) is 0 Å². The zero-order valence-corrected chi connectivity index (χ0v) is 20.8. The first kappa shape index (κ1) is 22.2. The van der Waals surface area contributed by atoms with Crippen LogP contribution < -0.4 is 0 Å². The lowest BCUT2D eigenvalue weighted by Gasteiger charge is -2.61. The Morgan fingerprint density at radius 3 is 2.24 bits per heavy atom. The minimum atomic E-state index is 0.665. The van der Waals surface area contributed by atoms with Gasteiger partial charge < -0.3 is 0 Å². The van der Waals surface area contributed by atoms with Gasteiger partial charge in [0.1, 0.15) is 0 Å². The Kier molecular flexibility index (Phi) is 6.51. The molecule has 4 saturated carbocycles. The van der Waals surface area contributed by atoms with E-state index in [1.165, 1.54) is 32.1 Å². The van der Waals surface area contributed by atoms with Crippen molar-refractivity contribution in [2.24, 2.45) is 58.2 Å². The molecule has 0 aromatic rings. The summed E-state index contributed by atoms with van der Waals surface area (Å²) in [5.74, 6) is 8.02. The summed E-state index contributed by atoms with van der Waals surface area (Å²) in [7, 11) is 0. The van der Waals surface area contributed by atoms with Crippen LogP contribution >= 0.6 is 0 Å². The fourth-order valence-corrected chi connectivity index (χ4v) is 9.96. The van der Waals surface area contributed by atoms with Crippen molar-refractivity contribution >= 4 is 0 Å². The molecule has 0 nitrogen and oxygen atoms in total. The van der Waals surface area contributed by atoms with Gasteiger partial charge in [-0.1, -0.05) is 67.2 Å². The first-order chi connectivity index (χ1) is 13.8. The number of hydrogen-bond donors (Lipinski definition) is 0. The second-order valence-corrected chi connectivity index (χ2v) is 13.1. The Morgan fingerprint density at radius 1 is 0.759 bits per heavy atom. The average Bonchev–Trinajstić information content (AvgIpc) is 3.05. The third-order valence-corrected chi connectivity index (χ3v) is 11.8. The van der Waals surface area contributed by atoms with Gasteiger partial charge in [-0.05, 0) is 116 Å². The highest BCUT2D eigenvalue weighted by Crippen LogP contribution is 2.68. The molecule has 0 spiro atoms. The van der Waals surface area contributed by atoms with Gasteiger partial charge in [0.2, 0.25) is 0 Å². The zero-order chi connectivity index (χ0) is 20.8. The summed E-state index contributed by atoms with van der Waals surface area (Å²) in [6.07, 6.45) is 19.8. The van der Waals surface area contributed by atoms with Crippen LogP contribution in [0.4, 0.5) is 0 Å². The topological polar surface area (TPSA) is 0 Å². The highest BCUT2D eigenvalue weighted by Gasteiger charge is 2.60. The normalized spacial score (nSPS) is 46.7. The van der Waals surface area contributed by atoms with Gasteiger partial charge in [-0.25, -0.2) is 0 Å². The second kappa shape index (κ2) is 8.50. The van der Waals surface area contributed by atoms with Crippen molar-refractivity contribution in [2.45, 2.75) is 125 Å². The van der Waals surface area contributed by atoms with Crippen molar-refractivity contribution in [1.29, 1.82) is 0 Å². The Morgan fingerprint density at radius 2 is 1.52 bits per heavy atom. The molecule has 0 aliphatic heterocycles. The molecule has 9 atom stereocenters. The SMILES string of the molecule is CCC(CC[C@@H](C)[C@H]1CC[C@H]2[C@@H]3CC[C@H]4CCCC[C@]4(C)[C@H]3CC[C@]12C)C(C)C. The fourth-order valence-electron chi connectivity index (χ4n) is 9.96. The van der Waals surface area contributed by atoms with Crippen LogP contribution in [0.3, 0.4) is 0 Å². The minimum Gasteiger partial charge on any atom is -0.0651 e. The number of rotatable bonds is 6. The number of fused-ring (bicyclic) bond motifs is 5. The average molecular weight is 401 g/mol. The summed E-state index contributed by atoms with van der Waals surface area (Å²) >= 11 is 0. The summed E-state index contributed by atoms with van der Waals surface area (Å²) in [6.45, 7) is 15.4. The quantitative estimate of drug-likeness (QED) is 0.417. The van der Waals surface area contributed by atoms with Crippen molar-refractivity contribution in [3.63, 3.8) is 0 Å². The van der Waals surface area contributed by atoms with Crippen LogP contribution in [0.15, 0.2) is 0 Å². The maximum absolute atomic E-state index is 2.76. The van der Waals surface area contributed by atoms with E-state index in [0.717, 1.165) is 47.3 Å². The van der Waals surface area contributed by atoms with E-state index in [9.17, 15) is 0 Å². The summed E-state index contributed by atoms with van der Waals surface area (Å²) in [4.78, 5) is 0. The summed E-state index contributed by atoms with van der Waals surface area (Å²) in [6, 6.07) is 0. The highest BCUT2D eigenvalue weighted by molar-refractivity contribution is 5.09. The third kappa shape index (κ3) is 3.75. The van der Waals surface area contributed by atoms with Crippen LogP contribution in [0.1, 0.15) is 125 Å². The molecule has 0 heterocycles. The van der Waals surface area contributed by atoms with Gasteiger partial charge in [0.05, 0.1) is 0 Å². The minimum absolute atomic E-state index is 0.665. The summed E-state index contributed by atoms with van der Waals surface area (Å²) in [5, 5.41) is 0. The molecule has 4 aliphatic rings. The molecule has 168 valence electrons. The van der Waals surface area contributed by atoms with Crippen LogP contribution in [0, 0.1) is 58.2 Å². The lowest BCUT2D eigenvalue weighted by atomic mass is 9.44. The second-order valence-electron chi connectivity index (χ2n) is 13.1. The van der Waals surface area contributed by atoms with Gasteiger partial charge in [0.15, 0.2) is 0 Å². The smallest absolute Gasteiger partial charge is 0.0264 e. The Balaban J connectivity index is 1.45. The molecule has 0 aromatic carbocycles. The Labute approximate surface area is 183 Å². The standard InChI is InChI=1S/C29H52/c1-7-22(20(2)3)12-11-21(4)25-15-16-26-24-14-13-23-10-8-9-18-28(23,5)27(24)17-19-29(25,26)6/h20-27H,7-19H2,1-6H3/t21-,22?,23-,24+,25-,26+,27+,28+,29-/m1/s1. The van der Waals surface area contributed by atoms with E-state index in [4.69, 9.17) is 0 Å². The molecule has 0 amide bonds. The molecule has 4 aliphatic carbocycles. The van der Waals surface area contributed by atoms with Gasteiger partial charge in [-0.2, -0.15) is 0 Å². The van der Waals surface area contributed by atoms with E-state index in [2.05, 4.69) is 41.5 Å². The van der Waals surface area contributed by atoms with Gasteiger partial charge in [-0.3, -0.25) is 0 Å². The summed E-state index contributed by atoms with van der Waals surface area (Å²) in [5.41, 5.74) is 1.37. The molecule has 29 heavy (non-hydrogen) atoms. The molecular formula is C29H52. The molecule has 4 rings (SSSR count). The summed E-state index contributed by atoms with van der Waals surface area (Å²) < 4.78 is 0.